The Balaban J connectivity index is 2.43. The van der Waals surface area contributed by atoms with Gasteiger partial charge in [-0.05, 0) is 38.8 Å². The van der Waals surface area contributed by atoms with Crippen molar-refractivity contribution in [2.75, 3.05) is 11.4 Å². The maximum atomic E-state index is 12.6. The van der Waals surface area contributed by atoms with E-state index in [0.717, 1.165) is 16.8 Å². The minimum Gasteiger partial charge on any atom is -0.340 e. The topological polar surface area (TPSA) is 49.4 Å². The number of benzene rings is 1. The standard InChI is InChI=1S/C15H20N2O2/c1-5-15(4)14(19)17(9-13(18)16-15)12-7-6-10(2)8-11(12)3/h6-8H,5,9H2,1-4H3,(H,16,18). The van der Waals surface area contributed by atoms with Crippen LogP contribution in [-0.4, -0.2) is 23.9 Å². The van der Waals surface area contributed by atoms with Crippen LogP contribution in [0.15, 0.2) is 18.2 Å². The van der Waals surface area contributed by atoms with E-state index in [1.165, 1.54) is 0 Å². The molecule has 1 heterocycles. The molecule has 4 heteroatoms. The monoisotopic (exact) mass is 260 g/mol. The number of aryl methyl sites for hydroxylation is 2. The number of carbonyl (C=O) groups excluding carboxylic acids is 2. The molecule has 102 valence electrons. The lowest BCUT2D eigenvalue weighted by Crippen LogP contribution is -2.65. The molecule has 1 unspecified atom stereocenters. The lowest BCUT2D eigenvalue weighted by molar-refractivity contribution is -0.135. The first kappa shape index (κ1) is 13.6. The van der Waals surface area contributed by atoms with Crippen LogP contribution >= 0.6 is 0 Å². The molecular weight excluding hydrogens is 240 g/mol. The zero-order valence-corrected chi connectivity index (χ0v) is 11.9. The van der Waals surface area contributed by atoms with Crippen molar-refractivity contribution in [2.45, 2.75) is 39.7 Å². The van der Waals surface area contributed by atoms with E-state index in [1.54, 1.807) is 11.8 Å². The van der Waals surface area contributed by atoms with Crippen LogP contribution in [0.25, 0.3) is 0 Å². The highest BCUT2D eigenvalue weighted by Gasteiger charge is 2.42. The number of anilines is 1. The number of nitrogens with zero attached hydrogens (tertiary/aromatic N) is 1. The Labute approximate surface area is 113 Å². The van der Waals surface area contributed by atoms with E-state index in [2.05, 4.69) is 5.32 Å². The first-order chi connectivity index (χ1) is 8.87. The number of carbonyl (C=O) groups is 2. The van der Waals surface area contributed by atoms with E-state index < -0.39 is 5.54 Å². The third-order valence-electron chi connectivity index (χ3n) is 3.78. The molecule has 2 rings (SSSR count). The second-order valence-electron chi connectivity index (χ2n) is 5.42. The summed E-state index contributed by atoms with van der Waals surface area (Å²) in [7, 11) is 0. The molecule has 1 aliphatic rings. The molecule has 1 atom stereocenters. The molecule has 1 saturated heterocycles. The maximum absolute atomic E-state index is 12.6. The molecule has 1 fully saturated rings. The van der Waals surface area contributed by atoms with Gasteiger partial charge in [0, 0.05) is 5.69 Å². The minimum absolute atomic E-state index is 0.0402. The van der Waals surface area contributed by atoms with Crippen LogP contribution in [0, 0.1) is 13.8 Å². The van der Waals surface area contributed by atoms with E-state index >= 15 is 0 Å². The van der Waals surface area contributed by atoms with Gasteiger partial charge in [0.1, 0.15) is 12.1 Å². The molecule has 0 radical (unpaired) electrons. The van der Waals surface area contributed by atoms with Crippen molar-refractivity contribution in [1.29, 1.82) is 0 Å². The predicted molar refractivity (Wildman–Crippen MR) is 75.1 cm³/mol. The SMILES string of the molecule is CCC1(C)NC(=O)CN(c2ccc(C)cc2C)C1=O. The molecule has 0 bridgehead atoms. The van der Waals surface area contributed by atoms with Crippen molar-refractivity contribution in [1.82, 2.24) is 5.32 Å². The van der Waals surface area contributed by atoms with Crippen molar-refractivity contribution in [3.8, 4) is 0 Å². The predicted octanol–water partition coefficient (Wildman–Crippen LogP) is 1.93. The van der Waals surface area contributed by atoms with Crippen LogP contribution in [-0.2, 0) is 9.59 Å². The van der Waals surface area contributed by atoms with Gasteiger partial charge in [-0.2, -0.15) is 0 Å². The summed E-state index contributed by atoms with van der Waals surface area (Å²) in [5.74, 6) is -0.148. The van der Waals surface area contributed by atoms with Crippen LogP contribution in [0.5, 0.6) is 0 Å². The largest absolute Gasteiger partial charge is 0.340 e. The summed E-state index contributed by atoms with van der Waals surface area (Å²) in [6.07, 6.45) is 0.582. The third kappa shape index (κ3) is 2.35. The lowest BCUT2D eigenvalue weighted by Gasteiger charge is -2.39. The normalized spacial score (nSPS) is 23.5. The molecule has 4 nitrogen and oxygen atoms in total. The Hall–Kier alpha value is -1.84. The average Bonchev–Trinajstić information content (AvgIpc) is 2.34. The lowest BCUT2D eigenvalue weighted by atomic mass is 9.93. The summed E-state index contributed by atoms with van der Waals surface area (Å²) in [4.78, 5) is 26.0. The molecule has 0 saturated carbocycles. The van der Waals surface area contributed by atoms with Crippen molar-refractivity contribution >= 4 is 17.5 Å². The average molecular weight is 260 g/mol. The molecule has 0 spiro atoms. The van der Waals surface area contributed by atoms with Crippen molar-refractivity contribution in [3.05, 3.63) is 29.3 Å². The van der Waals surface area contributed by atoms with Crippen LogP contribution in [0.4, 0.5) is 5.69 Å². The molecular formula is C15H20N2O2. The maximum Gasteiger partial charge on any atom is 0.252 e. The summed E-state index contributed by atoms with van der Waals surface area (Å²) in [6.45, 7) is 7.76. The van der Waals surface area contributed by atoms with Gasteiger partial charge in [0.25, 0.3) is 5.91 Å². The van der Waals surface area contributed by atoms with Gasteiger partial charge in [-0.1, -0.05) is 24.6 Å². The summed E-state index contributed by atoms with van der Waals surface area (Å²) in [5.41, 5.74) is 2.19. The highest BCUT2D eigenvalue weighted by molar-refractivity contribution is 6.09. The van der Waals surface area contributed by atoms with E-state index in [-0.39, 0.29) is 18.4 Å². The highest BCUT2D eigenvalue weighted by Crippen LogP contribution is 2.27. The van der Waals surface area contributed by atoms with Crippen LogP contribution in [0.3, 0.4) is 0 Å². The number of hydrogen-bond donors (Lipinski definition) is 1. The molecule has 1 aromatic carbocycles. The number of nitrogens with one attached hydrogen (secondary N) is 1. The molecule has 19 heavy (non-hydrogen) atoms. The fourth-order valence-corrected chi connectivity index (χ4v) is 2.46. The van der Waals surface area contributed by atoms with Crippen molar-refractivity contribution in [2.24, 2.45) is 0 Å². The fourth-order valence-electron chi connectivity index (χ4n) is 2.46. The van der Waals surface area contributed by atoms with Gasteiger partial charge >= 0.3 is 0 Å². The summed E-state index contributed by atoms with van der Waals surface area (Å²) >= 11 is 0. The first-order valence-corrected chi connectivity index (χ1v) is 6.57. The molecule has 2 amide bonds. The quantitative estimate of drug-likeness (QED) is 0.883. The molecule has 1 aromatic rings. The van der Waals surface area contributed by atoms with E-state index in [0.29, 0.717) is 6.42 Å². The first-order valence-electron chi connectivity index (χ1n) is 6.57. The Morgan fingerprint density at radius 1 is 1.32 bits per heavy atom. The van der Waals surface area contributed by atoms with Gasteiger partial charge in [-0.15, -0.1) is 0 Å². The van der Waals surface area contributed by atoms with E-state index in [9.17, 15) is 9.59 Å². The summed E-state index contributed by atoms with van der Waals surface area (Å²) in [5, 5.41) is 2.79. The Kier molecular flexibility index (Phi) is 3.35. The van der Waals surface area contributed by atoms with Gasteiger partial charge in [0.15, 0.2) is 0 Å². The van der Waals surface area contributed by atoms with Crippen molar-refractivity contribution in [3.63, 3.8) is 0 Å². The Morgan fingerprint density at radius 3 is 2.58 bits per heavy atom. The van der Waals surface area contributed by atoms with Gasteiger partial charge in [0.2, 0.25) is 5.91 Å². The fraction of sp³-hybridized carbons (Fsp3) is 0.467. The van der Waals surface area contributed by atoms with Crippen molar-refractivity contribution < 1.29 is 9.59 Å². The molecule has 1 aliphatic heterocycles. The molecule has 1 N–H and O–H groups in total. The number of amides is 2. The smallest absolute Gasteiger partial charge is 0.252 e. The van der Waals surface area contributed by atoms with Crippen LogP contribution in [0.1, 0.15) is 31.4 Å². The Morgan fingerprint density at radius 2 is 2.00 bits per heavy atom. The van der Waals surface area contributed by atoms with Gasteiger partial charge < -0.3 is 10.2 Å². The molecule has 0 aromatic heterocycles. The second kappa shape index (κ2) is 4.68. The zero-order chi connectivity index (χ0) is 14.2. The Bertz CT molecular complexity index is 539. The van der Waals surface area contributed by atoms with Gasteiger partial charge in [-0.25, -0.2) is 0 Å². The van der Waals surface area contributed by atoms with Gasteiger partial charge in [0.05, 0.1) is 0 Å². The van der Waals surface area contributed by atoms with E-state index in [4.69, 9.17) is 0 Å². The van der Waals surface area contributed by atoms with Crippen LogP contribution < -0.4 is 10.2 Å². The zero-order valence-electron chi connectivity index (χ0n) is 11.9. The number of hydrogen-bond acceptors (Lipinski definition) is 2. The van der Waals surface area contributed by atoms with Gasteiger partial charge in [-0.3, -0.25) is 9.59 Å². The second-order valence-corrected chi connectivity index (χ2v) is 5.42. The number of piperazine rings is 1. The van der Waals surface area contributed by atoms with Crippen LogP contribution in [0.2, 0.25) is 0 Å². The summed E-state index contributed by atoms with van der Waals surface area (Å²) < 4.78 is 0. The minimum atomic E-state index is -0.799. The highest BCUT2D eigenvalue weighted by atomic mass is 16.2. The molecule has 0 aliphatic carbocycles. The van der Waals surface area contributed by atoms with E-state index in [1.807, 2.05) is 39.0 Å². The number of rotatable bonds is 2. The third-order valence-corrected chi connectivity index (χ3v) is 3.78. The summed E-state index contributed by atoms with van der Waals surface area (Å²) in [6, 6.07) is 5.90.